The zero-order valence-electron chi connectivity index (χ0n) is 6.42. The van der Waals surface area contributed by atoms with Crippen LogP contribution >= 0.6 is 0 Å². The minimum Gasteiger partial charge on any atom is -0.508 e. The lowest BCUT2D eigenvalue weighted by Gasteiger charge is -2.06. The van der Waals surface area contributed by atoms with Crippen LogP contribution in [-0.2, 0) is 0 Å². The molecule has 0 radical (unpaired) electrons. The molecule has 3 N–H and O–H groups in total. The van der Waals surface area contributed by atoms with Crippen LogP contribution in [0.5, 0.6) is 17.2 Å². The third-order valence-electron chi connectivity index (χ3n) is 1.68. The van der Waals surface area contributed by atoms with Crippen molar-refractivity contribution in [2.24, 2.45) is 0 Å². The molecule has 0 aromatic heterocycles. The van der Waals surface area contributed by atoms with E-state index < -0.39 is 0 Å². The van der Waals surface area contributed by atoms with Gasteiger partial charge in [0.05, 0.1) is 0 Å². The van der Waals surface area contributed by atoms with Crippen molar-refractivity contribution in [1.82, 2.24) is 0 Å². The number of aryl methyl sites for hydroxylation is 1. The Hall–Kier alpha value is -1.32. The fraction of sp³-hybridized carbons (Fsp3) is 0.143. The second-order valence-corrected chi connectivity index (χ2v) is 2.53. The van der Waals surface area contributed by atoms with E-state index in [4.69, 9.17) is 10.2 Å². The lowest BCUT2D eigenvalue weighted by atomic mass is 9.91. The second kappa shape index (κ2) is 2.38. The van der Waals surface area contributed by atoms with Crippen LogP contribution < -0.4 is 5.46 Å². The number of hydrogen-bond donors (Lipinski definition) is 3. The first kappa shape index (κ1) is 7.79. The minimum absolute atomic E-state index is 0.0281. The van der Waals surface area contributed by atoms with Gasteiger partial charge >= 0.3 is 0 Å². The van der Waals surface area contributed by atoms with Crippen molar-refractivity contribution in [2.45, 2.75) is 6.92 Å². The Labute approximate surface area is 65.3 Å². The van der Waals surface area contributed by atoms with Gasteiger partial charge in [0.2, 0.25) is 0 Å². The third kappa shape index (κ3) is 1.11. The van der Waals surface area contributed by atoms with Crippen molar-refractivity contribution in [3.63, 3.8) is 0 Å². The highest BCUT2D eigenvalue weighted by molar-refractivity contribution is 6.36. The first-order chi connectivity index (χ1) is 5.04. The zero-order chi connectivity index (χ0) is 8.59. The van der Waals surface area contributed by atoms with E-state index in [1.807, 2.05) is 0 Å². The Bertz CT molecular complexity index is 270. The van der Waals surface area contributed by atoms with E-state index in [0.29, 0.717) is 11.0 Å². The fourth-order valence-corrected chi connectivity index (χ4v) is 0.942. The predicted octanol–water partition coefficient (Wildman–Crippen LogP) is -0.630. The van der Waals surface area contributed by atoms with Gasteiger partial charge in [-0.15, -0.1) is 0 Å². The number of aromatic hydroxyl groups is 3. The van der Waals surface area contributed by atoms with Gasteiger partial charge < -0.3 is 15.3 Å². The molecule has 58 valence electrons. The van der Waals surface area contributed by atoms with E-state index in [1.165, 1.54) is 13.9 Å². The van der Waals surface area contributed by atoms with E-state index in [-0.39, 0.29) is 17.2 Å². The van der Waals surface area contributed by atoms with Gasteiger partial charge in [-0.2, -0.15) is 0 Å². The van der Waals surface area contributed by atoms with Crippen molar-refractivity contribution in [3.8, 4) is 17.2 Å². The molecule has 0 heterocycles. The highest BCUT2D eigenvalue weighted by atomic mass is 16.3. The van der Waals surface area contributed by atoms with Gasteiger partial charge in [0.15, 0.2) is 11.5 Å². The molecule has 0 saturated heterocycles. The van der Waals surface area contributed by atoms with Crippen molar-refractivity contribution in [3.05, 3.63) is 11.6 Å². The number of rotatable bonds is 0. The molecule has 3 nitrogen and oxygen atoms in total. The van der Waals surface area contributed by atoms with Gasteiger partial charge in [0.1, 0.15) is 13.6 Å². The van der Waals surface area contributed by atoms with E-state index in [2.05, 4.69) is 0 Å². The summed E-state index contributed by atoms with van der Waals surface area (Å²) in [6.45, 7) is 1.65. The van der Waals surface area contributed by atoms with Crippen molar-refractivity contribution in [1.29, 1.82) is 0 Å². The molecule has 11 heavy (non-hydrogen) atoms. The summed E-state index contributed by atoms with van der Waals surface area (Å²) in [6.07, 6.45) is 0. The Kier molecular flexibility index (Phi) is 1.68. The van der Waals surface area contributed by atoms with Crippen LogP contribution in [0.2, 0.25) is 0 Å². The van der Waals surface area contributed by atoms with Crippen LogP contribution in [0.3, 0.4) is 0 Å². The predicted molar refractivity (Wildman–Crippen MR) is 44.4 cm³/mol. The van der Waals surface area contributed by atoms with Crippen molar-refractivity contribution >= 4 is 13.3 Å². The lowest BCUT2D eigenvalue weighted by molar-refractivity contribution is 0.400. The van der Waals surface area contributed by atoms with E-state index in [1.54, 1.807) is 6.92 Å². The monoisotopic (exact) mass is 152 g/mol. The molecule has 0 saturated carbocycles. The summed E-state index contributed by atoms with van der Waals surface area (Å²) in [5.74, 6) is -0.425. The van der Waals surface area contributed by atoms with Gasteiger partial charge in [-0.1, -0.05) is 0 Å². The topological polar surface area (TPSA) is 60.7 Å². The Morgan fingerprint density at radius 2 is 1.73 bits per heavy atom. The van der Waals surface area contributed by atoms with Gasteiger partial charge in [0, 0.05) is 0 Å². The molecular weight excluding hydrogens is 143 g/mol. The number of benzene rings is 1. The first-order valence-corrected chi connectivity index (χ1v) is 3.25. The number of phenols is 3. The third-order valence-corrected chi connectivity index (χ3v) is 1.68. The standard InChI is InChI=1S/C7H9BO3/c1-3-2-4(9)7(11)5(8)6(3)10/h2,9-11H,8H2,1H3. The smallest absolute Gasteiger partial charge is 0.157 e. The summed E-state index contributed by atoms with van der Waals surface area (Å²) in [4.78, 5) is 0. The molecule has 0 aliphatic heterocycles. The van der Waals surface area contributed by atoms with E-state index in [0.717, 1.165) is 0 Å². The van der Waals surface area contributed by atoms with Gasteiger partial charge in [-0.3, -0.25) is 0 Å². The average molecular weight is 152 g/mol. The Morgan fingerprint density at radius 3 is 2.27 bits per heavy atom. The molecular formula is C7H9BO3. The van der Waals surface area contributed by atoms with Crippen LogP contribution in [0.1, 0.15) is 5.56 Å². The molecule has 4 heteroatoms. The molecule has 1 rings (SSSR count). The van der Waals surface area contributed by atoms with Crippen LogP contribution in [-0.4, -0.2) is 23.2 Å². The Balaban J connectivity index is 3.46. The normalized spacial score (nSPS) is 9.91. The maximum absolute atomic E-state index is 9.24. The van der Waals surface area contributed by atoms with Crippen LogP contribution in [0.25, 0.3) is 0 Å². The summed E-state index contributed by atoms with van der Waals surface area (Å²) in [5, 5.41) is 27.4. The number of hydrogen-bond acceptors (Lipinski definition) is 3. The van der Waals surface area contributed by atoms with Crippen molar-refractivity contribution in [2.75, 3.05) is 0 Å². The second-order valence-electron chi connectivity index (χ2n) is 2.53. The molecule has 0 atom stereocenters. The van der Waals surface area contributed by atoms with Crippen LogP contribution in [0.4, 0.5) is 0 Å². The molecule has 0 aliphatic carbocycles. The van der Waals surface area contributed by atoms with E-state index in [9.17, 15) is 5.11 Å². The number of phenolic OH excluding ortho intramolecular Hbond substituents is 3. The highest BCUT2D eigenvalue weighted by Gasteiger charge is 2.09. The molecule has 0 amide bonds. The van der Waals surface area contributed by atoms with Crippen molar-refractivity contribution < 1.29 is 15.3 Å². The minimum atomic E-state index is -0.256. The first-order valence-electron chi connectivity index (χ1n) is 3.25. The Morgan fingerprint density at radius 1 is 1.18 bits per heavy atom. The fourth-order valence-electron chi connectivity index (χ4n) is 0.942. The van der Waals surface area contributed by atoms with E-state index >= 15 is 0 Å². The SMILES string of the molecule is Bc1c(O)c(C)cc(O)c1O. The summed E-state index contributed by atoms with van der Waals surface area (Å²) in [5.41, 5.74) is 0.861. The molecule has 0 fully saturated rings. The van der Waals surface area contributed by atoms with Gasteiger partial charge in [-0.05, 0) is 24.0 Å². The van der Waals surface area contributed by atoms with Crippen LogP contribution in [0, 0.1) is 6.92 Å². The summed E-state index contributed by atoms with van der Waals surface area (Å²) < 4.78 is 0. The maximum Gasteiger partial charge on any atom is 0.157 e. The lowest BCUT2D eigenvalue weighted by Crippen LogP contribution is -2.04. The molecule has 1 aromatic rings. The highest BCUT2D eigenvalue weighted by Crippen LogP contribution is 2.28. The van der Waals surface area contributed by atoms with Gasteiger partial charge in [-0.25, -0.2) is 0 Å². The summed E-state index contributed by atoms with van der Waals surface area (Å²) in [6, 6.07) is 1.32. The molecule has 0 bridgehead atoms. The zero-order valence-corrected chi connectivity index (χ0v) is 6.42. The summed E-state index contributed by atoms with van der Waals surface area (Å²) in [7, 11) is 1.54. The molecule has 0 aliphatic rings. The maximum atomic E-state index is 9.24. The quantitative estimate of drug-likeness (QED) is 0.263. The largest absolute Gasteiger partial charge is 0.508 e. The molecule has 0 unspecified atom stereocenters. The average Bonchev–Trinajstić information content (AvgIpc) is 1.97. The molecule has 0 spiro atoms. The van der Waals surface area contributed by atoms with Gasteiger partial charge in [0.25, 0.3) is 0 Å². The van der Waals surface area contributed by atoms with Crippen LogP contribution in [0.15, 0.2) is 6.07 Å². The summed E-state index contributed by atoms with van der Waals surface area (Å²) >= 11 is 0. The molecule has 1 aromatic carbocycles.